The Kier molecular flexibility index (Phi) is 5.10. The van der Waals surface area contributed by atoms with Crippen LogP contribution in [0, 0.1) is 0 Å². The van der Waals surface area contributed by atoms with Crippen LogP contribution in [-0.2, 0) is 14.8 Å². The molecule has 0 aliphatic carbocycles. The summed E-state index contributed by atoms with van der Waals surface area (Å²) in [5, 5.41) is 0. The summed E-state index contributed by atoms with van der Waals surface area (Å²) in [5.41, 5.74) is 5.78. The van der Waals surface area contributed by atoms with E-state index in [1.807, 2.05) is 0 Å². The van der Waals surface area contributed by atoms with Crippen molar-refractivity contribution in [2.75, 3.05) is 19.6 Å². The van der Waals surface area contributed by atoms with Crippen LogP contribution in [0.25, 0.3) is 0 Å². The van der Waals surface area contributed by atoms with Crippen molar-refractivity contribution in [2.45, 2.75) is 43.0 Å². The van der Waals surface area contributed by atoms with Crippen LogP contribution >= 0.6 is 0 Å². The van der Waals surface area contributed by atoms with E-state index in [2.05, 4.69) is 0 Å². The molecule has 0 spiro atoms. The molecule has 2 saturated heterocycles. The monoisotopic (exact) mass is 365 g/mol. The zero-order valence-electron chi connectivity index (χ0n) is 14.1. The maximum Gasteiger partial charge on any atom is 0.254 e. The van der Waals surface area contributed by atoms with E-state index in [0.29, 0.717) is 31.6 Å². The molecule has 8 heteroatoms. The molecule has 0 bridgehead atoms. The first-order valence-corrected chi connectivity index (χ1v) is 10.1. The number of piperidine rings is 1. The number of rotatable bonds is 4. The Morgan fingerprint density at radius 2 is 1.56 bits per heavy atom. The predicted octanol–water partition coefficient (Wildman–Crippen LogP) is 0.951. The Hall–Kier alpha value is -1.93. The minimum Gasteiger partial charge on any atom is -0.368 e. The third-order valence-corrected chi connectivity index (χ3v) is 6.81. The van der Waals surface area contributed by atoms with Gasteiger partial charge in [0, 0.05) is 25.2 Å². The molecule has 0 radical (unpaired) electrons. The molecular weight excluding hydrogens is 342 g/mol. The number of likely N-dealkylation sites (tertiary alicyclic amines) is 1. The smallest absolute Gasteiger partial charge is 0.254 e. The second-order valence-corrected chi connectivity index (χ2v) is 8.49. The minimum atomic E-state index is -3.50. The fraction of sp³-hybridized carbons (Fsp3) is 0.529. The second-order valence-electron chi connectivity index (χ2n) is 6.55. The van der Waals surface area contributed by atoms with Gasteiger partial charge in [-0.3, -0.25) is 9.59 Å². The fourth-order valence-electron chi connectivity index (χ4n) is 3.48. The summed E-state index contributed by atoms with van der Waals surface area (Å²) in [5.74, 6) is -0.782. The van der Waals surface area contributed by atoms with Gasteiger partial charge in [0.1, 0.15) is 6.04 Å². The Labute approximate surface area is 147 Å². The van der Waals surface area contributed by atoms with Gasteiger partial charge in [-0.05, 0) is 56.4 Å². The molecule has 0 aromatic heterocycles. The number of primary amides is 1. The van der Waals surface area contributed by atoms with E-state index in [-0.39, 0.29) is 10.8 Å². The molecule has 136 valence electrons. The Morgan fingerprint density at radius 3 is 2.16 bits per heavy atom. The third-order valence-electron chi connectivity index (χ3n) is 4.90. The second kappa shape index (κ2) is 7.13. The minimum absolute atomic E-state index is 0.191. The lowest BCUT2D eigenvalue weighted by Crippen LogP contribution is -2.50. The number of nitrogens with two attached hydrogens (primary N) is 1. The number of hydrogen-bond acceptors (Lipinski definition) is 4. The van der Waals surface area contributed by atoms with E-state index < -0.39 is 22.0 Å². The molecule has 2 aliphatic heterocycles. The number of benzene rings is 1. The highest BCUT2D eigenvalue weighted by atomic mass is 32.2. The highest BCUT2D eigenvalue weighted by Gasteiger charge is 2.32. The molecule has 1 aromatic carbocycles. The topological polar surface area (TPSA) is 101 Å². The molecule has 0 unspecified atom stereocenters. The summed E-state index contributed by atoms with van der Waals surface area (Å²) in [6.45, 7) is 1.56. The first-order valence-electron chi connectivity index (χ1n) is 8.62. The zero-order chi connectivity index (χ0) is 18.0. The lowest BCUT2D eigenvalue weighted by molar-refractivity contribution is -0.123. The summed E-state index contributed by atoms with van der Waals surface area (Å²) < 4.78 is 26.5. The highest BCUT2D eigenvalue weighted by Crippen LogP contribution is 2.23. The molecule has 2 amide bonds. The highest BCUT2D eigenvalue weighted by molar-refractivity contribution is 7.89. The summed E-state index contributed by atoms with van der Waals surface area (Å²) in [7, 11) is -3.50. The van der Waals surface area contributed by atoms with E-state index in [1.165, 1.54) is 33.5 Å². The molecule has 2 aliphatic rings. The quantitative estimate of drug-likeness (QED) is 0.858. The van der Waals surface area contributed by atoms with Crippen LogP contribution < -0.4 is 5.73 Å². The maximum atomic E-state index is 12.7. The van der Waals surface area contributed by atoms with Crippen molar-refractivity contribution in [3.8, 4) is 0 Å². The molecule has 1 atom stereocenters. The average Bonchev–Trinajstić information content (AvgIpc) is 3.16. The maximum absolute atomic E-state index is 12.7. The molecule has 0 saturated carbocycles. The summed E-state index contributed by atoms with van der Waals surface area (Å²) in [4.78, 5) is 26.0. The van der Waals surface area contributed by atoms with Gasteiger partial charge >= 0.3 is 0 Å². The third kappa shape index (κ3) is 3.55. The van der Waals surface area contributed by atoms with Gasteiger partial charge in [0.15, 0.2) is 0 Å². The van der Waals surface area contributed by atoms with Gasteiger partial charge in [0.05, 0.1) is 4.90 Å². The van der Waals surface area contributed by atoms with Crippen molar-refractivity contribution in [1.82, 2.24) is 9.21 Å². The standard InChI is InChI=1S/C17H23N3O4S/c18-16(21)15-5-1-2-12-20(15)17(22)13-6-8-14(9-7-13)25(23,24)19-10-3-4-11-19/h6-9,15H,1-5,10-12H2,(H2,18,21)/t15-/m1/s1. The van der Waals surface area contributed by atoms with Crippen molar-refractivity contribution >= 4 is 21.8 Å². The SMILES string of the molecule is NC(=O)[C@H]1CCCCN1C(=O)c1ccc(S(=O)(=O)N2CCCC2)cc1. The number of carbonyl (C=O) groups is 2. The fourth-order valence-corrected chi connectivity index (χ4v) is 5.00. The lowest BCUT2D eigenvalue weighted by Gasteiger charge is -2.33. The normalized spacial score (nSPS) is 22.1. The summed E-state index contributed by atoms with van der Waals surface area (Å²) in [6.07, 6.45) is 4.02. The largest absolute Gasteiger partial charge is 0.368 e. The van der Waals surface area contributed by atoms with E-state index in [9.17, 15) is 18.0 Å². The van der Waals surface area contributed by atoms with Crippen LogP contribution in [0.5, 0.6) is 0 Å². The Balaban J connectivity index is 1.79. The number of carbonyl (C=O) groups excluding carboxylic acids is 2. The first kappa shape index (κ1) is 17.9. The van der Waals surface area contributed by atoms with Crippen LogP contribution in [0.2, 0.25) is 0 Å². The predicted molar refractivity (Wildman–Crippen MR) is 92.3 cm³/mol. The van der Waals surface area contributed by atoms with Crippen LogP contribution in [0.4, 0.5) is 0 Å². The van der Waals surface area contributed by atoms with Gasteiger partial charge in [-0.2, -0.15) is 4.31 Å². The molecule has 1 aromatic rings. The van der Waals surface area contributed by atoms with Crippen molar-refractivity contribution in [2.24, 2.45) is 5.73 Å². The van der Waals surface area contributed by atoms with E-state index in [0.717, 1.165) is 25.7 Å². The molecule has 2 N–H and O–H groups in total. The van der Waals surface area contributed by atoms with Crippen molar-refractivity contribution in [3.63, 3.8) is 0 Å². The van der Waals surface area contributed by atoms with Gasteiger partial charge in [0.25, 0.3) is 5.91 Å². The van der Waals surface area contributed by atoms with Crippen LogP contribution in [0.1, 0.15) is 42.5 Å². The summed E-state index contributed by atoms with van der Waals surface area (Å²) in [6, 6.07) is 5.36. The first-order chi connectivity index (χ1) is 11.9. The van der Waals surface area contributed by atoms with Gasteiger partial charge in [0.2, 0.25) is 15.9 Å². The number of amides is 2. The molecule has 25 heavy (non-hydrogen) atoms. The van der Waals surface area contributed by atoms with E-state index in [1.54, 1.807) is 0 Å². The van der Waals surface area contributed by atoms with E-state index in [4.69, 9.17) is 5.73 Å². The van der Waals surface area contributed by atoms with Crippen LogP contribution in [0.15, 0.2) is 29.2 Å². The Morgan fingerprint density at radius 1 is 0.960 bits per heavy atom. The molecule has 3 rings (SSSR count). The van der Waals surface area contributed by atoms with Gasteiger partial charge in [-0.1, -0.05) is 0 Å². The Bertz CT molecular complexity index is 755. The summed E-state index contributed by atoms with van der Waals surface area (Å²) >= 11 is 0. The molecule has 2 heterocycles. The number of sulfonamides is 1. The molecule has 2 fully saturated rings. The average molecular weight is 365 g/mol. The zero-order valence-corrected chi connectivity index (χ0v) is 14.9. The lowest BCUT2D eigenvalue weighted by atomic mass is 10.0. The van der Waals surface area contributed by atoms with Gasteiger partial charge < -0.3 is 10.6 Å². The van der Waals surface area contributed by atoms with Gasteiger partial charge in [-0.25, -0.2) is 8.42 Å². The molecular formula is C17H23N3O4S. The van der Waals surface area contributed by atoms with Crippen molar-refractivity contribution < 1.29 is 18.0 Å². The van der Waals surface area contributed by atoms with Crippen LogP contribution in [-0.4, -0.2) is 55.1 Å². The van der Waals surface area contributed by atoms with Crippen molar-refractivity contribution in [3.05, 3.63) is 29.8 Å². The molecule has 7 nitrogen and oxygen atoms in total. The number of hydrogen-bond donors (Lipinski definition) is 1. The van der Waals surface area contributed by atoms with Gasteiger partial charge in [-0.15, -0.1) is 0 Å². The van der Waals surface area contributed by atoms with Crippen LogP contribution in [0.3, 0.4) is 0 Å². The van der Waals surface area contributed by atoms with Crippen molar-refractivity contribution in [1.29, 1.82) is 0 Å². The number of nitrogens with zero attached hydrogens (tertiary/aromatic N) is 2. The van der Waals surface area contributed by atoms with E-state index >= 15 is 0 Å².